The second-order valence-corrected chi connectivity index (χ2v) is 5.92. The average molecular weight is 533 g/mol. The van der Waals surface area contributed by atoms with Gasteiger partial charge in [0.05, 0.1) is 0 Å². The monoisotopic (exact) mass is 533 g/mol. The summed E-state index contributed by atoms with van der Waals surface area (Å²) in [7, 11) is 0. The molecule has 192 valence electrons. The minimum absolute atomic E-state index is 5.35. The van der Waals surface area contributed by atoms with Crippen LogP contribution in [0, 0.1) is 0 Å². The van der Waals surface area contributed by atoms with E-state index in [0.29, 0.717) is 0 Å². The van der Waals surface area contributed by atoms with Crippen LogP contribution in [0.2, 0.25) is 0 Å². The zero-order chi connectivity index (χ0) is 26.6. The van der Waals surface area contributed by atoms with Gasteiger partial charge in [0, 0.05) is 0 Å². The average Bonchev–Trinajstić information content (AvgIpc) is 2.51. The van der Waals surface area contributed by atoms with Crippen molar-refractivity contribution in [1.82, 2.24) is 4.90 Å². The molecule has 1 aliphatic rings. The Balaban J connectivity index is 4.45. The fourth-order valence-corrected chi connectivity index (χ4v) is 2.68. The molecule has 1 saturated carbocycles. The third-order valence-corrected chi connectivity index (χ3v) is 4.11. The molecule has 0 amide bonds. The van der Waals surface area contributed by atoms with Crippen molar-refractivity contribution in [2.24, 2.45) is 0 Å². The van der Waals surface area contributed by atoms with E-state index in [2.05, 4.69) is 0 Å². The third kappa shape index (κ3) is 2.75. The second kappa shape index (κ2) is 6.33. The van der Waals surface area contributed by atoms with Crippen LogP contribution in [0.4, 0.5) is 92.2 Å². The van der Waals surface area contributed by atoms with Gasteiger partial charge in [0.1, 0.15) is 0 Å². The third-order valence-electron chi connectivity index (χ3n) is 4.11. The molecule has 32 heavy (non-hydrogen) atoms. The summed E-state index contributed by atoms with van der Waals surface area (Å²) in [4.78, 5) is -5.35. The van der Waals surface area contributed by atoms with Crippen molar-refractivity contribution >= 4 is 0 Å². The Hall–Kier alpha value is -1.51. The highest BCUT2D eigenvalue weighted by atomic mass is 19.4. The summed E-state index contributed by atoms with van der Waals surface area (Å²) in [6.07, 6.45) is -25.5. The van der Waals surface area contributed by atoms with E-state index in [0.717, 1.165) is 0 Å². The molecule has 0 saturated heterocycles. The zero-order valence-corrected chi connectivity index (χ0v) is 13.4. The Labute approximate surface area is 158 Å². The molecule has 0 N–H and O–H groups in total. The van der Waals surface area contributed by atoms with Gasteiger partial charge in [-0.1, -0.05) is 0 Å². The molecular weight excluding hydrogens is 533 g/mol. The molecule has 0 radical (unpaired) electrons. The largest absolute Gasteiger partial charge is 0.466 e. The summed E-state index contributed by atoms with van der Waals surface area (Å²) in [5.41, 5.74) is -9.09. The second-order valence-electron chi connectivity index (χ2n) is 5.92. The number of alkyl halides is 21. The maximum atomic E-state index is 13.7. The number of nitrogens with zero attached hydrogens (tertiary/aromatic N) is 1. The van der Waals surface area contributed by atoms with Crippen molar-refractivity contribution in [2.45, 2.75) is 59.9 Å². The smallest absolute Gasteiger partial charge is 0.197 e. The number of halogens is 21. The predicted molar refractivity (Wildman–Crippen MR) is 52.4 cm³/mol. The Morgan fingerprint density at radius 1 is 0.438 bits per heavy atom. The van der Waals surface area contributed by atoms with Crippen LogP contribution in [0.25, 0.3) is 0 Å². The number of hydrogen-bond donors (Lipinski definition) is 0. The van der Waals surface area contributed by atoms with Gasteiger partial charge in [0.2, 0.25) is 0 Å². The molecule has 1 nitrogen and oxygen atoms in total. The molecule has 0 heterocycles. The molecule has 0 unspecified atom stereocenters. The first-order valence-electron chi connectivity index (χ1n) is 6.64. The van der Waals surface area contributed by atoms with Crippen LogP contribution in [0.15, 0.2) is 0 Å². The number of hydrogen-bond acceptors (Lipinski definition) is 1. The van der Waals surface area contributed by atoms with E-state index in [1.54, 1.807) is 0 Å². The summed E-state index contributed by atoms with van der Waals surface area (Å²) in [5, 5.41) is 0. The summed E-state index contributed by atoms with van der Waals surface area (Å²) in [5.74, 6) is -42.9. The summed E-state index contributed by atoms with van der Waals surface area (Å²) >= 11 is 0. The van der Waals surface area contributed by atoms with Crippen LogP contribution < -0.4 is 0 Å². The van der Waals surface area contributed by atoms with E-state index in [1.807, 2.05) is 0 Å². The molecule has 1 aliphatic carbocycles. The lowest BCUT2D eigenvalue weighted by Gasteiger charge is -2.50. The summed E-state index contributed by atoms with van der Waals surface area (Å²) < 4.78 is 274. The molecule has 0 aromatic heterocycles. The minimum Gasteiger partial charge on any atom is -0.197 e. The molecular formula is C10F21N. The minimum atomic E-state index is -9.09. The van der Waals surface area contributed by atoms with Gasteiger partial charge >= 0.3 is 54.3 Å². The van der Waals surface area contributed by atoms with Crippen LogP contribution in [-0.4, -0.2) is 64.8 Å². The first-order valence-corrected chi connectivity index (χ1v) is 6.64. The van der Waals surface area contributed by atoms with Gasteiger partial charge in [-0.25, -0.2) is 0 Å². The molecule has 0 bridgehead atoms. The van der Waals surface area contributed by atoms with Crippen LogP contribution in [0.5, 0.6) is 0 Å². The molecule has 0 aromatic rings. The molecule has 0 aromatic carbocycles. The maximum Gasteiger partial charge on any atom is 0.466 e. The maximum absolute atomic E-state index is 13.7. The van der Waals surface area contributed by atoms with Gasteiger partial charge in [0.15, 0.2) is 0 Å². The van der Waals surface area contributed by atoms with Crippen LogP contribution in [0.1, 0.15) is 0 Å². The van der Waals surface area contributed by atoms with Crippen molar-refractivity contribution < 1.29 is 92.2 Å². The van der Waals surface area contributed by atoms with Crippen molar-refractivity contribution in [1.29, 1.82) is 0 Å². The van der Waals surface area contributed by atoms with Crippen LogP contribution in [0.3, 0.4) is 0 Å². The lowest BCUT2D eigenvalue weighted by Crippen LogP contribution is -2.83. The fourth-order valence-electron chi connectivity index (χ4n) is 2.68. The lowest BCUT2D eigenvalue weighted by atomic mass is 9.86. The van der Waals surface area contributed by atoms with Crippen LogP contribution in [-0.2, 0) is 0 Å². The van der Waals surface area contributed by atoms with Crippen molar-refractivity contribution in [3.05, 3.63) is 0 Å². The summed E-state index contributed by atoms with van der Waals surface area (Å²) in [6.45, 7) is 0. The van der Waals surface area contributed by atoms with Crippen LogP contribution >= 0.6 is 0 Å². The highest BCUT2D eigenvalue weighted by Gasteiger charge is 3.09. The Morgan fingerprint density at radius 2 is 0.719 bits per heavy atom. The normalized spacial score (nSPS) is 25.3. The Morgan fingerprint density at radius 3 is 0.906 bits per heavy atom. The molecule has 0 aliphatic heterocycles. The topological polar surface area (TPSA) is 3.24 Å². The Kier molecular flexibility index (Phi) is 5.64. The van der Waals surface area contributed by atoms with Gasteiger partial charge < -0.3 is 0 Å². The van der Waals surface area contributed by atoms with E-state index in [-0.39, 0.29) is 0 Å². The van der Waals surface area contributed by atoms with Gasteiger partial charge in [-0.2, -0.15) is 92.2 Å². The van der Waals surface area contributed by atoms with E-state index >= 15 is 0 Å². The quantitative estimate of drug-likeness (QED) is 0.298. The standard InChI is InChI=1S/C10F21N/c11-2(12)1(7(21,22)23,3(13,14)5(17,18)4(2,15)16)32(10(29,30)31)9(27,28)6(19,20)8(24,25)26. The van der Waals surface area contributed by atoms with E-state index < -0.39 is 64.8 Å². The van der Waals surface area contributed by atoms with Crippen molar-refractivity contribution in [3.8, 4) is 0 Å². The summed E-state index contributed by atoms with van der Waals surface area (Å²) in [6, 6.07) is -8.98. The molecule has 0 atom stereocenters. The first-order chi connectivity index (χ1) is 13.4. The Bertz CT molecular complexity index is 707. The van der Waals surface area contributed by atoms with E-state index in [9.17, 15) is 92.2 Å². The fraction of sp³-hybridized carbons (Fsp3) is 1.00. The predicted octanol–water partition coefficient (Wildman–Crippen LogP) is 6.45. The number of rotatable bonds is 3. The molecule has 22 heteroatoms. The van der Waals surface area contributed by atoms with Crippen molar-refractivity contribution in [2.75, 3.05) is 0 Å². The molecule has 0 spiro atoms. The van der Waals surface area contributed by atoms with E-state index in [1.165, 1.54) is 0 Å². The lowest BCUT2D eigenvalue weighted by molar-refractivity contribution is -0.500. The molecule has 1 fully saturated rings. The SMILES string of the molecule is FC(F)(F)N(C(F)(F)C(F)(F)C(F)(F)F)C1(C(F)(F)F)C(F)(F)C(F)(F)C(F)(F)C1(F)F. The van der Waals surface area contributed by atoms with Crippen molar-refractivity contribution in [3.63, 3.8) is 0 Å². The van der Waals surface area contributed by atoms with E-state index in [4.69, 9.17) is 0 Å². The first kappa shape index (κ1) is 28.5. The van der Waals surface area contributed by atoms with Gasteiger partial charge in [0.25, 0.3) is 5.54 Å². The molecule has 1 rings (SSSR count). The highest BCUT2D eigenvalue weighted by molar-refractivity contribution is 5.34. The van der Waals surface area contributed by atoms with Gasteiger partial charge in [-0.3, -0.25) is 0 Å². The highest BCUT2D eigenvalue weighted by Crippen LogP contribution is 2.75. The zero-order valence-electron chi connectivity index (χ0n) is 13.4. The van der Waals surface area contributed by atoms with Gasteiger partial charge in [-0.15, -0.1) is 4.90 Å². The van der Waals surface area contributed by atoms with Gasteiger partial charge in [-0.05, 0) is 0 Å².